The second kappa shape index (κ2) is 6.65. The molecule has 2 fully saturated rings. The lowest BCUT2D eigenvalue weighted by Crippen LogP contribution is -2.46. The van der Waals surface area contributed by atoms with Gasteiger partial charge in [0.2, 0.25) is 5.91 Å². The number of likely N-dealkylation sites (tertiary alicyclic amines) is 1. The Kier molecular flexibility index (Phi) is 4.78. The van der Waals surface area contributed by atoms with Crippen molar-refractivity contribution in [3.8, 4) is 0 Å². The average molecular weight is 320 g/mol. The minimum Gasteiger partial charge on any atom is -0.465 e. The molecule has 1 N–H and O–H groups in total. The molecule has 2 aliphatic heterocycles. The fraction of sp³-hybridized carbons (Fsp3) is 0.722. The van der Waals surface area contributed by atoms with Crippen LogP contribution < -0.4 is 5.32 Å². The van der Waals surface area contributed by atoms with E-state index < -0.39 is 0 Å². The molecule has 1 amide bonds. The number of furan rings is 1. The maximum Gasteiger partial charge on any atom is 0.225 e. The molecular formula is C18H28N2O3. The monoisotopic (exact) mass is 320 g/mol. The van der Waals surface area contributed by atoms with Gasteiger partial charge < -0.3 is 14.5 Å². The van der Waals surface area contributed by atoms with Crippen molar-refractivity contribution in [2.24, 2.45) is 11.3 Å². The van der Waals surface area contributed by atoms with Gasteiger partial charge in [-0.25, -0.2) is 0 Å². The van der Waals surface area contributed by atoms with Gasteiger partial charge in [0.1, 0.15) is 11.5 Å². The minimum absolute atomic E-state index is 0.0462. The molecule has 0 radical (unpaired) electrons. The Morgan fingerprint density at radius 3 is 2.74 bits per heavy atom. The second-order valence-corrected chi connectivity index (χ2v) is 7.37. The first-order chi connectivity index (χ1) is 11.0. The molecule has 0 bridgehead atoms. The summed E-state index contributed by atoms with van der Waals surface area (Å²) in [6.07, 6.45) is 1.94. The molecule has 0 aliphatic carbocycles. The zero-order valence-corrected chi connectivity index (χ0v) is 14.4. The van der Waals surface area contributed by atoms with Crippen LogP contribution in [-0.2, 0) is 16.1 Å². The van der Waals surface area contributed by atoms with Crippen LogP contribution in [0.25, 0.3) is 0 Å². The van der Waals surface area contributed by atoms with E-state index in [9.17, 15) is 4.79 Å². The standard InChI is InChI=1S/C18H28N2O3/c1-13(2)19-17(21)16-11-20(10-15-5-4-14(3)23-15)12-18(16)6-8-22-9-7-18/h4-5,13,16H,6-12H2,1-3H3,(H,19,21). The fourth-order valence-corrected chi connectivity index (χ4v) is 4.01. The van der Waals surface area contributed by atoms with Gasteiger partial charge in [-0.15, -0.1) is 0 Å². The molecule has 3 rings (SSSR count). The van der Waals surface area contributed by atoms with Crippen molar-refractivity contribution in [1.29, 1.82) is 0 Å². The Morgan fingerprint density at radius 1 is 1.39 bits per heavy atom. The average Bonchev–Trinajstić information content (AvgIpc) is 3.04. The van der Waals surface area contributed by atoms with Crippen LogP contribution in [0.2, 0.25) is 0 Å². The third kappa shape index (κ3) is 3.61. The number of carbonyl (C=O) groups is 1. The highest BCUT2D eigenvalue weighted by Crippen LogP contribution is 2.44. The molecule has 1 aromatic rings. The topological polar surface area (TPSA) is 54.7 Å². The first kappa shape index (κ1) is 16.5. The van der Waals surface area contributed by atoms with Crippen LogP contribution in [0.3, 0.4) is 0 Å². The van der Waals surface area contributed by atoms with Gasteiger partial charge in [0.05, 0.1) is 12.5 Å². The van der Waals surface area contributed by atoms with Crippen molar-refractivity contribution < 1.29 is 13.9 Å². The molecule has 128 valence electrons. The lowest BCUT2D eigenvalue weighted by atomic mass is 9.71. The van der Waals surface area contributed by atoms with Gasteiger partial charge in [0.15, 0.2) is 0 Å². The Bertz CT molecular complexity index is 546. The zero-order valence-electron chi connectivity index (χ0n) is 14.4. The number of carbonyl (C=O) groups excluding carboxylic acids is 1. The van der Waals surface area contributed by atoms with Crippen LogP contribution in [0.15, 0.2) is 16.5 Å². The number of amides is 1. The lowest BCUT2D eigenvalue weighted by molar-refractivity contribution is -0.130. The second-order valence-electron chi connectivity index (χ2n) is 7.37. The summed E-state index contributed by atoms with van der Waals surface area (Å²) in [6, 6.07) is 4.22. The van der Waals surface area contributed by atoms with Crippen LogP contribution >= 0.6 is 0 Å². The van der Waals surface area contributed by atoms with Crippen molar-refractivity contribution in [3.63, 3.8) is 0 Å². The van der Waals surface area contributed by atoms with E-state index in [0.29, 0.717) is 0 Å². The largest absolute Gasteiger partial charge is 0.465 e. The van der Waals surface area contributed by atoms with Gasteiger partial charge in [-0.05, 0) is 45.7 Å². The first-order valence-corrected chi connectivity index (χ1v) is 8.64. The zero-order chi connectivity index (χ0) is 16.4. The van der Waals surface area contributed by atoms with Crippen molar-refractivity contribution in [3.05, 3.63) is 23.7 Å². The molecule has 3 heterocycles. The number of rotatable bonds is 4. The van der Waals surface area contributed by atoms with Crippen LogP contribution in [-0.4, -0.2) is 43.2 Å². The first-order valence-electron chi connectivity index (χ1n) is 8.64. The Balaban J connectivity index is 1.74. The number of hydrogen-bond donors (Lipinski definition) is 1. The number of nitrogens with one attached hydrogen (secondary N) is 1. The van der Waals surface area contributed by atoms with Crippen LogP contribution in [0.4, 0.5) is 0 Å². The Morgan fingerprint density at radius 2 is 2.13 bits per heavy atom. The summed E-state index contributed by atoms with van der Waals surface area (Å²) in [5.74, 6) is 2.16. The minimum atomic E-state index is 0.0462. The summed E-state index contributed by atoms with van der Waals surface area (Å²) in [5.41, 5.74) is 0.0544. The molecule has 0 aromatic carbocycles. The van der Waals surface area contributed by atoms with E-state index in [1.54, 1.807) is 0 Å². The van der Waals surface area contributed by atoms with Crippen LogP contribution in [0.5, 0.6) is 0 Å². The quantitative estimate of drug-likeness (QED) is 0.925. The molecule has 23 heavy (non-hydrogen) atoms. The number of nitrogens with zero attached hydrogens (tertiary/aromatic N) is 1. The molecule has 0 saturated carbocycles. The van der Waals surface area contributed by atoms with E-state index in [1.165, 1.54) is 0 Å². The van der Waals surface area contributed by atoms with Gasteiger partial charge in [-0.3, -0.25) is 9.69 Å². The van der Waals surface area contributed by atoms with E-state index in [2.05, 4.69) is 10.2 Å². The molecular weight excluding hydrogens is 292 g/mol. The van der Waals surface area contributed by atoms with Crippen molar-refractivity contribution in [2.75, 3.05) is 26.3 Å². The highest BCUT2D eigenvalue weighted by atomic mass is 16.5. The summed E-state index contributed by atoms with van der Waals surface area (Å²) in [7, 11) is 0. The van der Waals surface area contributed by atoms with Gasteiger partial charge in [0, 0.05) is 37.8 Å². The number of ether oxygens (including phenoxy) is 1. The van der Waals surface area contributed by atoms with Crippen LogP contribution in [0.1, 0.15) is 38.2 Å². The van der Waals surface area contributed by atoms with Crippen molar-refractivity contribution >= 4 is 5.91 Å². The Hall–Kier alpha value is -1.33. The number of hydrogen-bond acceptors (Lipinski definition) is 4. The summed E-state index contributed by atoms with van der Waals surface area (Å²) in [5, 5.41) is 3.11. The summed E-state index contributed by atoms with van der Waals surface area (Å²) in [6.45, 7) is 10.1. The van der Waals surface area contributed by atoms with Crippen molar-refractivity contribution in [1.82, 2.24) is 10.2 Å². The molecule has 1 unspecified atom stereocenters. The molecule has 1 atom stereocenters. The molecule has 5 heteroatoms. The predicted octanol–water partition coefficient (Wildman–Crippen LogP) is 2.34. The SMILES string of the molecule is Cc1ccc(CN2CC(C(=O)NC(C)C)C3(CCOCC3)C2)o1. The summed E-state index contributed by atoms with van der Waals surface area (Å²) >= 11 is 0. The number of aryl methyl sites for hydroxylation is 1. The summed E-state index contributed by atoms with van der Waals surface area (Å²) < 4.78 is 11.3. The normalized spacial score (nSPS) is 24.4. The molecule has 5 nitrogen and oxygen atoms in total. The summed E-state index contributed by atoms with van der Waals surface area (Å²) in [4.78, 5) is 15.1. The van der Waals surface area contributed by atoms with E-state index in [-0.39, 0.29) is 23.3 Å². The third-order valence-corrected chi connectivity index (χ3v) is 5.13. The highest BCUT2D eigenvalue weighted by molar-refractivity contribution is 5.80. The molecule has 2 aliphatic rings. The Labute approximate surface area is 138 Å². The molecule has 1 spiro atoms. The van der Waals surface area contributed by atoms with E-state index in [1.807, 2.05) is 32.9 Å². The van der Waals surface area contributed by atoms with E-state index >= 15 is 0 Å². The lowest BCUT2D eigenvalue weighted by Gasteiger charge is -2.37. The maximum atomic E-state index is 12.7. The predicted molar refractivity (Wildman–Crippen MR) is 88.0 cm³/mol. The van der Waals surface area contributed by atoms with E-state index in [4.69, 9.17) is 9.15 Å². The maximum absolute atomic E-state index is 12.7. The van der Waals surface area contributed by atoms with Crippen LogP contribution in [0, 0.1) is 18.3 Å². The van der Waals surface area contributed by atoms with Gasteiger partial charge in [0.25, 0.3) is 0 Å². The smallest absolute Gasteiger partial charge is 0.225 e. The highest BCUT2D eigenvalue weighted by Gasteiger charge is 2.50. The molecule has 1 aromatic heterocycles. The molecule has 2 saturated heterocycles. The van der Waals surface area contributed by atoms with Gasteiger partial charge in [-0.2, -0.15) is 0 Å². The van der Waals surface area contributed by atoms with Gasteiger partial charge in [-0.1, -0.05) is 0 Å². The van der Waals surface area contributed by atoms with Gasteiger partial charge >= 0.3 is 0 Å². The van der Waals surface area contributed by atoms with E-state index in [0.717, 1.165) is 57.2 Å². The fourth-order valence-electron chi connectivity index (χ4n) is 4.01. The van der Waals surface area contributed by atoms with Crippen molar-refractivity contribution in [2.45, 2.75) is 46.2 Å². The third-order valence-electron chi connectivity index (χ3n) is 5.13.